The number of benzene rings is 1. The minimum Gasteiger partial charge on any atom is -0.331 e. The van der Waals surface area contributed by atoms with E-state index in [0.29, 0.717) is 0 Å². The number of fused-ring (bicyclic) bond motifs is 1. The fourth-order valence-electron chi connectivity index (χ4n) is 1.89. The van der Waals surface area contributed by atoms with Gasteiger partial charge in [-0.25, -0.2) is 4.98 Å². The van der Waals surface area contributed by atoms with Crippen LogP contribution in [-0.2, 0) is 7.05 Å². The first-order chi connectivity index (χ1) is 8.74. The molecule has 3 nitrogen and oxygen atoms in total. The predicted molar refractivity (Wildman–Crippen MR) is 77.0 cm³/mol. The zero-order chi connectivity index (χ0) is 12.5. The van der Waals surface area contributed by atoms with Crippen molar-refractivity contribution in [3.8, 4) is 0 Å². The number of hydrogen-bond acceptors (Lipinski definition) is 3. The molecule has 2 heterocycles. The van der Waals surface area contributed by atoms with Crippen LogP contribution >= 0.6 is 11.3 Å². The molecule has 4 heteroatoms. The van der Waals surface area contributed by atoms with Crippen molar-refractivity contribution in [1.29, 1.82) is 0 Å². The fourth-order valence-corrected chi connectivity index (χ4v) is 2.48. The summed E-state index contributed by atoms with van der Waals surface area (Å²) >= 11 is 1.68. The van der Waals surface area contributed by atoms with Crippen LogP contribution in [0.4, 0.5) is 5.69 Å². The highest BCUT2D eigenvalue weighted by molar-refractivity contribution is 7.11. The number of imidazole rings is 1. The lowest BCUT2D eigenvalue weighted by atomic mass is 10.3. The standard InChI is InChI=1S/C14H13N3S/c1-10-16-13-8-11(5-6-14(13)17(10)2)15-9-12-4-3-7-18-12/h3-9H,1-2H3. The number of nitrogens with zero attached hydrogens (tertiary/aromatic N) is 3. The maximum Gasteiger partial charge on any atom is 0.106 e. The van der Waals surface area contributed by atoms with Crippen LogP contribution in [0.5, 0.6) is 0 Å². The van der Waals surface area contributed by atoms with Crippen LogP contribution in [-0.4, -0.2) is 15.8 Å². The molecular weight excluding hydrogens is 242 g/mol. The van der Waals surface area contributed by atoms with Crippen LogP contribution < -0.4 is 0 Å². The first-order valence-electron chi connectivity index (χ1n) is 5.75. The third kappa shape index (κ3) is 1.95. The summed E-state index contributed by atoms with van der Waals surface area (Å²) in [5, 5.41) is 2.05. The summed E-state index contributed by atoms with van der Waals surface area (Å²) in [6, 6.07) is 10.2. The van der Waals surface area contributed by atoms with Crippen molar-refractivity contribution in [2.45, 2.75) is 6.92 Å². The van der Waals surface area contributed by atoms with E-state index in [9.17, 15) is 0 Å². The van der Waals surface area contributed by atoms with Gasteiger partial charge in [0.25, 0.3) is 0 Å². The summed E-state index contributed by atoms with van der Waals surface area (Å²) < 4.78 is 2.09. The zero-order valence-corrected chi connectivity index (χ0v) is 11.1. The summed E-state index contributed by atoms with van der Waals surface area (Å²) in [6.45, 7) is 2.01. The molecule has 0 saturated heterocycles. The van der Waals surface area contributed by atoms with Gasteiger partial charge in [0.1, 0.15) is 5.82 Å². The lowest BCUT2D eigenvalue weighted by molar-refractivity contribution is 0.886. The summed E-state index contributed by atoms with van der Waals surface area (Å²) in [5.74, 6) is 1.02. The molecule has 90 valence electrons. The molecule has 0 N–H and O–H groups in total. The summed E-state index contributed by atoms with van der Waals surface area (Å²) in [5.41, 5.74) is 3.08. The molecule has 18 heavy (non-hydrogen) atoms. The highest BCUT2D eigenvalue weighted by Gasteiger charge is 2.03. The van der Waals surface area contributed by atoms with Gasteiger partial charge in [0.05, 0.1) is 16.7 Å². The van der Waals surface area contributed by atoms with Gasteiger partial charge in [-0.2, -0.15) is 0 Å². The first kappa shape index (κ1) is 11.2. The summed E-state index contributed by atoms with van der Waals surface area (Å²) in [6.07, 6.45) is 1.89. The quantitative estimate of drug-likeness (QED) is 0.642. The molecule has 0 aliphatic heterocycles. The molecule has 0 bridgehead atoms. The zero-order valence-electron chi connectivity index (χ0n) is 10.3. The molecule has 0 amide bonds. The molecule has 3 aromatic rings. The molecule has 2 aromatic heterocycles. The molecule has 0 unspecified atom stereocenters. The number of thiophene rings is 1. The van der Waals surface area contributed by atoms with Crippen LogP contribution in [0.15, 0.2) is 40.7 Å². The van der Waals surface area contributed by atoms with Gasteiger partial charge in [0.2, 0.25) is 0 Å². The number of aromatic nitrogens is 2. The summed E-state index contributed by atoms with van der Waals surface area (Å²) in [4.78, 5) is 10.1. The van der Waals surface area contributed by atoms with E-state index in [1.807, 2.05) is 43.8 Å². The Morgan fingerprint density at radius 3 is 3.00 bits per heavy atom. The smallest absolute Gasteiger partial charge is 0.106 e. The largest absolute Gasteiger partial charge is 0.331 e. The van der Waals surface area contributed by atoms with Gasteiger partial charge in [-0.3, -0.25) is 4.99 Å². The Hall–Kier alpha value is -1.94. The average molecular weight is 255 g/mol. The second-order valence-electron chi connectivity index (χ2n) is 4.16. The normalized spacial score (nSPS) is 11.7. The van der Waals surface area contributed by atoms with Crippen molar-refractivity contribution in [1.82, 2.24) is 9.55 Å². The third-order valence-corrected chi connectivity index (χ3v) is 3.78. The Balaban J connectivity index is 1.99. The van der Waals surface area contributed by atoms with Crippen molar-refractivity contribution >= 4 is 34.3 Å². The Bertz CT molecular complexity index is 708. The van der Waals surface area contributed by atoms with Gasteiger partial charge in [0, 0.05) is 18.1 Å². The molecular formula is C14H13N3S. The molecule has 3 rings (SSSR count). The molecule has 0 spiro atoms. The van der Waals surface area contributed by atoms with E-state index in [2.05, 4.69) is 26.7 Å². The van der Waals surface area contributed by atoms with Crippen molar-refractivity contribution < 1.29 is 0 Å². The van der Waals surface area contributed by atoms with Crippen LogP contribution in [0.3, 0.4) is 0 Å². The van der Waals surface area contributed by atoms with Crippen LogP contribution in [0, 0.1) is 6.92 Å². The molecule has 1 aromatic carbocycles. The maximum absolute atomic E-state index is 4.51. The van der Waals surface area contributed by atoms with Crippen LogP contribution in [0.2, 0.25) is 0 Å². The monoisotopic (exact) mass is 255 g/mol. The number of aliphatic imine (C=N–C) groups is 1. The Morgan fingerprint density at radius 2 is 2.22 bits per heavy atom. The van der Waals surface area contributed by atoms with Gasteiger partial charge in [-0.1, -0.05) is 6.07 Å². The SMILES string of the molecule is Cc1nc2cc(N=Cc3cccs3)ccc2n1C. The van der Waals surface area contributed by atoms with E-state index < -0.39 is 0 Å². The minimum absolute atomic E-state index is 0.939. The number of hydrogen-bond donors (Lipinski definition) is 0. The van der Waals surface area contributed by atoms with Gasteiger partial charge in [0.15, 0.2) is 0 Å². The highest BCUT2D eigenvalue weighted by Crippen LogP contribution is 2.21. The molecule has 0 fully saturated rings. The second-order valence-corrected chi connectivity index (χ2v) is 5.14. The molecule has 0 saturated carbocycles. The topological polar surface area (TPSA) is 30.2 Å². The predicted octanol–water partition coefficient (Wildman–Crippen LogP) is 3.69. The van der Waals surface area contributed by atoms with Gasteiger partial charge < -0.3 is 4.57 Å². The van der Waals surface area contributed by atoms with Crippen molar-refractivity contribution in [3.05, 3.63) is 46.4 Å². The summed E-state index contributed by atoms with van der Waals surface area (Å²) in [7, 11) is 2.03. The van der Waals surface area contributed by atoms with E-state index >= 15 is 0 Å². The highest BCUT2D eigenvalue weighted by atomic mass is 32.1. The fraction of sp³-hybridized carbons (Fsp3) is 0.143. The molecule has 0 aliphatic carbocycles. The Labute approximate surface area is 109 Å². The van der Waals surface area contributed by atoms with Crippen molar-refractivity contribution in [2.75, 3.05) is 0 Å². The molecule has 0 atom stereocenters. The third-order valence-electron chi connectivity index (χ3n) is 2.97. The van der Waals surface area contributed by atoms with E-state index in [4.69, 9.17) is 0 Å². The Morgan fingerprint density at radius 1 is 1.33 bits per heavy atom. The Kier molecular flexibility index (Phi) is 2.72. The lowest BCUT2D eigenvalue weighted by Gasteiger charge is -1.96. The first-order valence-corrected chi connectivity index (χ1v) is 6.62. The van der Waals surface area contributed by atoms with E-state index in [-0.39, 0.29) is 0 Å². The van der Waals surface area contributed by atoms with Gasteiger partial charge in [-0.05, 0) is 36.6 Å². The average Bonchev–Trinajstić information content (AvgIpc) is 2.97. The van der Waals surface area contributed by atoms with Gasteiger partial charge >= 0.3 is 0 Å². The van der Waals surface area contributed by atoms with Crippen LogP contribution in [0.25, 0.3) is 11.0 Å². The lowest BCUT2D eigenvalue weighted by Crippen LogP contribution is -1.89. The molecule has 0 aliphatic rings. The van der Waals surface area contributed by atoms with E-state index in [0.717, 1.165) is 27.4 Å². The van der Waals surface area contributed by atoms with Gasteiger partial charge in [-0.15, -0.1) is 11.3 Å². The van der Waals surface area contributed by atoms with Crippen molar-refractivity contribution in [2.24, 2.45) is 12.0 Å². The van der Waals surface area contributed by atoms with E-state index in [1.165, 1.54) is 0 Å². The number of aryl methyl sites for hydroxylation is 2. The second kappa shape index (κ2) is 4.38. The molecule has 0 radical (unpaired) electrons. The minimum atomic E-state index is 0.939. The van der Waals surface area contributed by atoms with E-state index in [1.54, 1.807) is 11.3 Å². The van der Waals surface area contributed by atoms with Crippen LogP contribution in [0.1, 0.15) is 10.7 Å². The van der Waals surface area contributed by atoms with Crippen molar-refractivity contribution in [3.63, 3.8) is 0 Å². The number of rotatable bonds is 2. The maximum atomic E-state index is 4.51.